The summed E-state index contributed by atoms with van der Waals surface area (Å²) in [5.74, 6) is 0. The van der Waals surface area contributed by atoms with E-state index in [4.69, 9.17) is 0 Å². The molecule has 0 aliphatic heterocycles. The molecule has 0 saturated heterocycles. The summed E-state index contributed by atoms with van der Waals surface area (Å²) in [6.45, 7) is 7.56. The second-order valence-corrected chi connectivity index (χ2v) is 6.12. The molecule has 108 valence electrons. The van der Waals surface area contributed by atoms with Gasteiger partial charge in [-0.15, -0.1) is 11.8 Å². The molecule has 3 aromatic rings. The lowest BCUT2D eigenvalue weighted by Crippen LogP contribution is -1.98. The molecule has 3 heteroatoms. The number of hydrogen-bond acceptors (Lipinski definition) is 2. The number of thioether (sulfide) groups is 1. The first-order chi connectivity index (χ1) is 10.2. The van der Waals surface area contributed by atoms with E-state index in [1.54, 1.807) is 11.8 Å². The van der Waals surface area contributed by atoms with Gasteiger partial charge in [-0.1, -0.05) is 12.1 Å². The minimum absolute atomic E-state index is 0.970. The average Bonchev–Trinajstić information content (AvgIpc) is 2.79. The zero-order chi connectivity index (χ0) is 15.0. The predicted molar refractivity (Wildman–Crippen MR) is 92.1 cm³/mol. The van der Waals surface area contributed by atoms with Crippen molar-refractivity contribution in [2.75, 3.05) is 6.26 Å². The maximum Gasteiger partial charge on any atom is 0.0944 e. The molecule has 2 heterocycles. The topological polar surface area (TPSA) is 17.8 Å². The molecule has 0 aliphatic rings. The van der Waals surface area contributed by atoms with Gasteiger partial charge in [-0.05, 0) is 50.8 Å². The van der Waals surface area contributed by atoms with Crippen LogP contribution in [0.15, 0.2) is 41.4 Å². The van der Waals surface area contributed by atoms with Gasteiger partial charge in [-0.3, -0.25) is 4.98 Å². The smallest absolute Gasteiger partial charge is 0.0944 e. The van der Waals surface area contributed by atoms with E-state index in [9.17, 15) is 0 Å². The highest BCUT2D eigenvalue weighted by molar-refractivity contribution is 7.98. The van der Waals surface area contributed by atoms with Crippen molar-refractivity contribution in [1.82, 2.24) is 9.55 Å². The van der Waals surface area contributed by atoms with E-state index in [2.05, 4.69) is 66.9 Å². The standard InChI is InChI=1S/C18H20N2S/c1-5-20-13(3)12(2)16-10-11-19-17(18(16)20)14-6-8-15(21-4)9-7-14/h6-11H,5H2,1-4H3. The van der Waals surface area contributed by atoms with Crippen molar-refractivity contribution in [2.24, 2.45) is 0 Å². The van der Waals surface area contributed by atoms with Crippen molar-refractivity contribution < 1.29 is 0 Å². The third-order valence-corrected chi connectivity index (χ3v) is 4.97. The van der Waals surface area contributed by atoms with E-state index in [-0.39, 0.29) is 0 Å². The minimum Gasteiger partial charge on any atom is -0.343 e. The first-order valence-corrected chi connectivity index (χ1v) is 8.48. The van der Waals surface area contributed by atoms with Crippen LogP contribution >= 0.6 is 11.8 Å². The number of pyridine rings is 1. The van der Waals surface area contributed by atoms with Crippen molar-refractivity contribution in [1.29, 1.82) is 0 Å². The Balaban J connectivity index is 2.29. The number of aryl methyl sites for hydroxylation is 2. The molecule has 0 saturated carbocycles. The van der Waals surface area contributed by atoms with Crippen LogP contribution in [-0.4, -0.2) is 15.8 Å². The Morgan fingerprint density at radius 3 is 2.43 bits per heavy atom. The lowest BCUT2D eigenvalue weighted by Gasteiger charge is -2.09. The number of fused-ring (bicyclic) bond motifs is 1. The van der Waals surface area contributed by atoms with Crippen LogP contribution in [0.25, 0.3) is 22.2 Å². The fraction of sp³-hybridized carbons (Fsp3) is 0.278. The van der Waals surface area contributed by atoms with E-state index in [1.807, 2.05) is 6.20 Å². The second-order valence-electron chi connectivity index (χ2n) is 5.24. The Hall–Kier alpha value is -1.74. The summed E-state index contributed by atoms with van der Waals surface area (Å²) in [5, 5.41) is 1.31. The molecular formula is C18H20N2S. The Kier molecular flexibility index (Phi) is 3.77. The fourth-order valence-corrected chi connectivity index (χ4v) is 3.36. The quantitative estimate of drug-likeness (QED) is 0.629. The summed E-state index contributed by atoms with van der Waals surface area (Å²) in [7, 11) is 0. The van der Waals surface area contributed by atoms with Crippen molar-refractivity contribution in [3.63, 3.8) is 0 Å². The van der Waals surface area contributed by atoms with Gasteiger partial charge in [0.05, 0.1) is 11.2 Å². The van der Waals surface area contributed by atoms with Crippen LogP contribution in [0.1, 0.15) is 18.2 Å². The highest BCUT2D eigenvalue weighted by Gasteiger charge is 2.15. The summed E-state index contributed by atoms with van der Waals surface area (Å²) in [6, 6.07) is 10.8. The summed E-state index contributed by atoms with van der Waals surface area (Å²) < 4.78 is 2.37. The molecule has 0 N–H and O–H groups in total. The van der Waals surface area contributed by atoms with Gasteiger partial charge in [-0.25, -0.2) is 0 Å². The Labute approximate surface area is 130 Å². The Bertz CT molecular complexity index is 785. The fourth-order valence-electron chi connectivity index (χ4n) is 2.95. The van der Waals surface area contributed by atoms with Gasteiger partial charge >= 0.3 is 0 Å². The van der Waals surface area contributed by atoms with Crippen LogP contribution in [-0.2, 0) is 6.54 Å². The first-order valence-electron chi connectivity index (χ1n) is 7.26. The summed E-state index contributed by atoms with van der Waals surface area (Å²) in [5.41, 5.74) is 6.22. The third-order valence-electron chi connectivity index (χ3n) is 4.23. The molecule has 0 unspecified atom stereocenters. The van der Waals surface area contributed by atoms with E-state index < -0.39 is 0 Å². The maximum atomic E-state index is 4.67. The second kappa shape index (κ2) is 5.57. The van der Waals surface area contributed by atoms with Crippen LogP contribution in [0.4, 0.5) is 0 Å². The van der Waals surface area contributed by atoms with E-state index >= 15 is 0 Å². The maximum absolute atomic E-state index is 4.67. The molecule has 2 aromatic heterocycles. The molecule has 2 nitrogen and oxygen atoms in total. The normalized spacial score (nSPS) is 11.2. The summed E-state index contributed by atoms with van der Waals surface area (Å²) in [6.07, 6.45) is 4.02. The van der Waals surface area contributed by atoms with Crippen LogP contribution < -0.4 is 0 Å². The largest absolute Gasteiger partial charge is 0.343 e. The van der Waals surface area contributed by atoms with Gasteiger partial charge in [0, 0.05) is 34.3 Å². The molecule has 0 fully saturated rings. The molecule has 1 aromatic carbocycles. The number of rotatable bonds is 3. The van der Waals surface area contributed by atoms with Crippen LogP contribution in [0.3, 0.4) is 0 Å². The minimum atomic E-state index is 0.970. The number of benzene rings is 1. The Morgan fingerprint density at radius 1 is 1.10 bits per heavy atom. The monoisotopic (exact) mass is 296 g/mol. The SMILES string of the molecule is CCn1c(C)c(C)c2ccnc(-c3ccc(SC)cc3)c21. The van der Waals surface area contributed by atoms with Gasteiger partial charge in [0.1, 0.15) is 0 Å². The van der Waals surface area contributed by atoms with Gasteiger partial charge in [0.25, 0.3) is 0 Å². The molecule has 0 atom stereocenters. The molecule has 0 spiro atoms. The molecule has 21 heavy (non-hydrogen) atoms. The predicted octanol–water partition coefficient (Wildman–Crippen LogP) is 5.06. The van der Waals surface area contributed by atoms with Crippen LogP contribution in [0.5, 0.6) is 0 Å². The highest BCUT2D eigenvalue weighted by Crippen LogP contribution is 2.32. The molecule has 0 radical (unpaired) electrons. The lowest BCUT2D eigenvalue weighted by molar-refractivity contribution is 0.765. The van der Waals surface area contributed by atoms with Crippen molar-refractivity contribution in [3.8, 4) is 11.3 Å². The zero-order valence-electron chi connectivity index (χ0n) is 13.0. The van der Waals surface area contributed by atoms with Gasteiger partial charge in [0.2, 0.25) is 0 Å². The lowest BCUT2D eigenvalue weighted by atomic mass is 10.1. The van der Waals surface area contributed by atoms with E-state index in [0.29, 0.717) is 0 Å². The van der Waals surface area contributed by atoms with Gasteiger partial charge in [0.15, 0.2) is 0 Å². The number of nitrogens with zero attached hydrogens (tertiary/aromatic N) is 2. The van der Waals surface area contributed by atoms with Gasteiger partial charge in [-0.2, -0.15) is 0 Å². The molecule has 3 rings (SSSR count). The molecule has 0 amide bonds. The third kappa shape index (κ3) is 2.26. The Morgan fingerprint density at radius 2 is 1.81 bits per heavy atom. The van der Waals surface area contributed by atoms with E-state index in [1.165, 1.54) is 32.6 Å². The number of hydrogen-bond donors (Lipinski definition) is 0. The highest BCUT2D eigenvalue weighted by atomic mass is 32.2. The van der Waals surface area contributed by atoms with Gasteiger partial charge < -0.3 is 4.57 Å². The van der Waals surface area contributed by atoms with E-state index in [0.717, 1.165) is 12.2 Å². The van der Waals surface area contributed by atoms with Crippen molar-refractivity contribution in [2.45, 2.75) is 32.2 Å². The summed E-state index contributed by atoms with van der Waals surface area (Å²) in [4.78, 5) is 5.95. The zero-order valence-corrected chi connectivity index (χ0v) is 13.8. The summed E-state index contributed by atoms with van der Waals surface area (Å²) >= 11 is 1.76. The first kappa shape index (κ1) is 14.2. The van der Waals surface area contributed by atoms with Crippen LogP contribution in [0.2, 0.25) is 0 Å². The average molecular weight is 296 g/mol. The molecule has 0 bridgehead atoms. The van der Waals surface area contributed by atoms with Crippen LogP contribution in [0, 0.1) is 13.8 Å². The number of aromatic nitrogens is 2. The molecule has 0 aliphatic carbocycles. The van der Waals surface area contributed by atoms with Crippen molar-refractivity contribution >= 4 is 22.7 Å². The van der Waals surface area contributed by atoms with Crippen molar-refractivity contribution in [3.05, 3.63) is 47.8 Å². The molecular weight excluding hydrogens is 276 g/mol.